The first-order valence-corrected chi connectivity index (χ1v) is 7.59. The molecule has 2 nitrogen and oxygen atoms in total. The summed E-state index contributed by atoms with van der Waals surface area (Å²) in [5, 5.41) is 3.54. The third-order valence-electron chi connectivity index (χ3n) is 2.96. The zero-order chi connectivity index (χ0) is 12.3. The molecule has 0 unspecified atom stereocenters. The summed E-state index contributed by atoms with van der Waals surface area (Å²) >= 11 is 7.08. The summed E-state index contributed by atoms with van der Waals surface area (Å²) < 4.78 is 2.29. The molecule has 0 bridgehead atoms. The maximum Gasteiger partial charge on any atom is 0.0242 e. The molecule has 0 heterocycles. The summed E-state index contributed by atoms with van der Waals surface area (Å²) in [5.74, 6) is 0. The molecule has 1 fully saturated rings. The van der Waals surface area contributed by atoms with Crippen LogP contribution in [0.5, 0.6) is 0 Å². The van der Waals surface area contributed by atoms with Gasteiger partial charge in [0.1, 0.15) is 0 Å². The van der Waals surface area contributed by atoms with E-state index in [1.54, 1.807) is 0 Å². The molecular formula is C13H18Br2N2. The zero-order valence-electron chi connectivity index (χ0n) is 10.0. The Hall–Kier alpha value is 0.1000. The molecule has 94 valence electrons. The Bertz CT molecular complexity index is 378. The van der Waals surface area contributed by atoms with Gasteiger partial charge in [-0.25, -0.2) is 0 Å². The van der Waals surface area contributed by atoms with Gasteiger partial charge >= 0.3 is 0 Å². The largest absolute Gasteiger partial charge is 0.313 e. The van der Waals surface area contributed by atoms with Gasteiger partial charge in [0.05, 0.1) is 0 Å². The van der Waals surface area contributed by atoms with Crippen molar-refractivity contribution in [1.82, 2.24) is 10.2 Å². The number of hydrogen-bond donors (Lipinski definition) is 1. The lowest BCUT2D eigenvalue weighted by molar-refractivity contribution is 0.323. The van der Waals surface area contributed by atoms with Crippen LogP contribution in [0.15, 0.2) is 27.1 Å². The summed E-state index contributed by atoms with van der Waals surface area (Å²) in [7, 11) is 2.17. The Labute approximate surface area is 120 Å². The minimum atomic E-state index is 0.808. The van der Waals surface area contributed by atoms with Crippen LogP contribution in [-0.2, 0) is 6.54 Å². The number of rotatable bonds is 6. The van der Waals surface area contributed by atoms with E-state index in [0.717, 1.165) is 30.1 Å². The van der Waals surface area contributed by atoms with Gasteiger partial charge in [0.2, 0.25) is 0 Å². The second-order valence-corrected chi connectivity index (χ2v) is 6.47. The number of nitrogens with zero attached hydrogens (tertiary/aromatic N) is 1. The monoisotopic (exact) mass is 360 g/mol. The van der Waals surface area contributed by atoms with Crippen LogP contribution in [0.3, 0.4) is 0 Å². The van der Waals surface area contributed by atoms with E-state index in [9.17, 15) is 0 Å². The van der Waals surface area contributed by atoms with Crippen LogP contribution in [0.25, 0.3) is 0 Å². The highest BCUT2D eigenvalue weighted by Gasteiger charge is 2.19. The highest BCUT2D eigenvalue weighted by Crippen LogP contribution is 2.23. The second kappa shape index (κ2) is 6.32. The highest BCUT2D eigenvalue weighted by molar-refractivity contribution is 9.11. The number of nitrogens with one attached hydrogen (secondary N) is 1. The molecule has 1 N–H and O–H groups in total. The Morgan fingerprint density at radius 1 is 1.35 bits per heavy atom. The summed E-state index contributed by atoms with van der Waals surface area (Å²) in [5.41, 5.74) is 1.34. The SMILES string of the molecule is CN(CCNC1CC1)Cc1ccc(Br)cc1Br. The molecule has 4 heteroatoms. The molecule has 1 aliphatic rings. The van der Waals surface area contributed by atoms with Gasteiger partial charge in [0.15, 0.2) is 0 Å². The van der Waals surface area contributed by atoms with Crippen LogP contribution < -0.4 is 5.32 Å². The summed E-state index contributed by atoms with van der Waals surface area (Å²) in [4.78, 5) is 2.35. The minimum Gasteiger partial charge on any atom is -0.313 e. The minimum absolute atomic E-state index is 0.808. The molecule has 1 aromatic rings. The molecule has 1 aliphatic carbocycles. The molecule has 0 amide bonds. The van der Waals surface area contributed by atoms with Crippen LogP contribution >= 0.6 is 31.9 Å². The van der Waals surface area contributed by atoms with Crippen molar-refractivity contribution in [1.29, 1.82) is 0 Å². The summed E-state index contributed by atoms with van der Waals surface area (Å²) in [6.45, 7) is 3.18. The van der Waals surface area contributed by atoms with Crippen molar-refractivity contribution in [3.05, 3.63) is 32.7 Å². The highest BCUT2D eigenvalue weighted by atomic mass is 79.9. The van der Waals surface area contributed by atoms with E-state index in [1.165, 1.54) is 22.9 Å². The third kappa shape index (κ3) is 4.70. The predicted molar refractivity (Wildman–Crippen MR) is 79.2 cm³/mol. The molecule has 0 atom stereocenters. The lowest BCUT2D eigenvalue weighted by Gasteiger charge is -2.18. The fourth-order valence-corrected chi connectivity index (χ4v) is 2.94. The zero-order valence-corrected chi connectivity index (χ0v) is 13.2. The van der Waals surface area contributed by atoms with E-state index >= 15 is 0 Å². The second-order valence-electron chi connectivity index (χ2n) is 4.70. The van der Waals surface area contributed by atoms with Crippen molar-refractivity contribution in [3.63, 3.8) is 0 Å². The first kappa shape index (κ1) is 13.5. The first-order valence-electron chi connectivity index (χ1n) is 6.01. The lowest BCUT2D eigenvalue weighted by Crippen LogP contribution is -2.30. The molecular weight excluding hydrogens is 344 g/mol. The predicted octanol–water partition coefficient (Wildman–Crippen LogP) is 3.40. The Morgan fingerprint density at radius 2 is 2.12 bits per heavy atom. The summed E-state index contributed by atoms with van der Waals surface area (Å²) in [6.07, 6.45) is 2.73. The van der Waals surface area contributed by atoms with E-state index < -0.39 is 0 Å². The van der Waals surface area contributed by atoms with E-state index in [1.807, 2.05) is 0 Å². The standard InChI is InChI=1S/C13H18Br2N2/c1-17(7-6-16-12-4-5-12)9-10-2-3-11(14)8-13(10)15/h2-3,8,12,16H,4-7,9H2,1H3. The quantitative estimate of drug-likeness (QED) is 0.835. The topological polar surface area (TPSA) is 15.3 Å². The van der Waals surface area contributed by atoms with Crippen LogP contribution in [-0.4, -0.2) is 31.1 Å². The number of benzene rings is 1. The van der Waals surface area contributed by atoms with Gasteiger partial charge < -0.3 is 10.2 Å². The fourth-order valence-electron chi connectivity index (χ4n) is 1.77. The molecule has 17 heavy (non-hydrogen) atoms. The number of halogens is 2. The van der Waals surface area contributed by atoms with Gasteiger partial charge in [-0.1, -0.05) is 37.9 Å². The molecule has 0 saturated heterocycles. The van der Waals surface area contributed by atoms with E-state index in [2.05, 4.69) is 67.3 Å². The van der Waals surface area contributed by atoms with Gasteiger partial charge in [0.25, 0.3) is 0 Å². The van der Waals surface area contributed by atoms with E-state index in [-0.39, 0.29) is 0 Å². The third-order valence-corrected chi connectivity index (χ3v) is 4.19. The van der Waals surface area contributed by atoms with E-state index in [4.69, 9.17) is 0 Å². The van der Waals surface area contributed by atoms with Crippen LogP contribution in [0.4, 0.5) is 0 Å². The Kier molecular flexibility index (Phi) is 5.03. The van der Waals surface area contributed by atoms with Crippen molar-refractivity contribution in [3.8, 4) is 0 Å². The molecule has 0 radical (unpaired) electrons. The maximum atomic E-state index is 3.60. The number of hydrogen-bond acceptors (Lipinski definition) is 2. The van der Waals surface area contributed by atoms with Crippen molar-refractivity contribution in [2.45, 2.75) is 25.4 Å². The van der Waals surface area contributed by atoms with Crippen LogP contribution in [0.2, 0.25) is 0 Å². The number of likely N-dealkylation sites (N-methyl/N-ethyl adjacent to an activating group) is 1. The Balaban J connectivity index is 1.77. The smallest absolute Gasteiger partial charge is 0.0242 e. The van der Waals surface area contributed by atoms with Crippen molar-refractivity contribution >= 4 is 31.9 Å². The summed E-state index contributed by atoms with van der Waals surface area (Å²) in [6, 6.07) is 7.17. The average molecular weight is 362 g/mol. The van der Waals surface area contributed by atoms with Gasteiger partial charge in [-0.05, 0) is 37.6 Å². The van der Waals surface area contributed by atoms with Crippen LogP contribution in [0, 0.1) is 0 Å². The van der Waals surface area contributed by atoms with Gasteiger partial charge in [-0.2, -0.15) is 0 Å². The molecule has 1 aromatic carbocycles. The fraction of sp³-hybridized carbons (Fsp3) is 0.538. The first-order chi connectivity index (χ1) is 8.15. The maximum absolute atomic E-state index is 3.60. The Morgan fingerprint density at radius 3 is 2.76 bits per heavy atom. The van der Waals surface area contributed by atoms with Crippen molar-refractivity contribution in [2.24, 2.45) is 0 Å². The molecule has 0 aliphatic heterocycles. The lowest BCUT2D eigenvalue weighted by atomic mass is 10.2. The van der Waals surface area contributed by atoms with Crippen molar-refractivity contribution in [2.75, 3.05) is 20.1 Å². The average Bonchev–Trinajstić information content (AvgIpc) is 3.06. The van der Waals surface area contributed by atoms with E-state index in [0.29, 0.717) is 0 Å². The van der Waals surface area contributed by atoms with Crippen molar-refractivity contribution < 1.29 is 0 Å². The van der Waals surface area contributed by atoms with Gasteiger partial charge in [-0.3, -0.25) is 0 Å². The van der Waals surface area contributed by atoms with Gasteiger partial charge in [-0.15, -0.1) is 0 Å². The normalized spacial score (nSPS) is 15.5. The van der Waals surface area contributed by atoms with Crippen LogP contribution in [0.1, 0.15) is 18.4 Å². The molecule has 1 saturated carbocycles. The van der Waals surface area contributed by atoms with Gasteiger partial charge in [0, 0.05) is 34.6 Å². The molecule has 0 spiro atoms. The molecule has 2 rings (SSSR count). The molecule has 0 aromatic heterocycles.